The van der Waals surface area contributed by atoms with Crippen LogP contribution in [0, 0.1) is 12.3 Å². The summed E-state index contributed by atoms with van der Waals surface area (Å²) < 4.78 is 8.05. The fraction of sp³-hybridized carbons (Fsp3) is 0.667. The fourth-order valence-corrected chi connectivity index (χ4v) is 2.29. The molecule has 6 nitrogen and oxygen atoms in total. The molecule has 0 amide bonds. The Hall–Kier alpha value is -0.920. The van der Waals surface area contributed by atoms with Gasteiger partial charge in [0.1, 0.15) is 0 Å². The summed E-state index contributed by atoms with van der Waals surface area (Å²) in [5.74, 6) is 0.211. The van der Waals surface area contributed by atoms with Gasteiger partial charge in [-0.25, -0.2) is 0 Å². The summed E-state index contributed by atoms with van der Waals surface area (Å²) in [4.78, 5) is 2.21. The quantitative estimate of drug-likeness (QED) is 0.555. The summed E-state index contributed by atoms with van der Waals surface area (Å²) >= 11 is 3.57. The van der Waals surface area contributed by atoms with Crippen LogP contribution in [0.2, 0.25) is 0 Å². The molecule has 108 valence electrons. The van der Waals surface area contributed by atoms with E-state index in [1.165, 1.54) is 0 Å². The predicted octanol–water partition coefficient (Wildman–Crippen LogP) is 1.27. The van der Waals surface area contributed by atoms with E-state index in [0.29, 0.717) is 13.0 Å². The molecule has 0 saturated heterocycles. The molecule has 0 unspecified atom stereocenters. The molecule has 0 aliphatic rings. The van der Waals surface area contributed by atoms with Gasteiger partial charge < -0.3 is 10.5 Å². The Labute approximate surface area is 122 Å². The van der Waals surface area contributed by atoms with Gasteiger partial charge in [-0.1, -0.05) is 0 Å². The molecule has 0 saturated carbocycles. The zero-order chi connectivity index (χ0) is 14.4. The third-order valence-corrected chi connectivity index (χ3v) is 3.98. The summed E-state index contributed by atoms with van der Waals surface area (Å²) in [7, 11) is 3.62. The molecular weight excluding hydrogens is 310 g/mol. The molecule has 1 aromatic heterocycles. The number of halogens is 1. The van der Waals surface area contributed by atoms with Crippen molar-refractivity contribution in [3.05, 3.63) is 15.9 Å². The van der Waals surface area contributed by atoms with Crippen LogP contribution >= 0.6 is 15.9 Å². The molecule has 0 aromatic carbocycles. The number of ether oxygens (including phenoxy) is 1. The van der Waals surface area contributed by atoms with Gasteiger partial charge in [0, 0.05) is 40.2 Å². The SMILES string of the molecule is COCCN(CCC(=N)N)Cc1c(Br)c(C)nn1C. The number of amidine groups is 1. The Bertz CT molecular complexity index is 432. The standard InChI is InChI=1S/C12H22BrN5O/c1-9-12(13)10(17(2)16-9)8-18(6-7-19-3)5-4-11(14)15/h4-8H2,1-3H3,(H3,14,15). The molecule has 0 aliphatic carbocycles. The Morgan fingerprint density at radius 3 is 2.68 bits per heavy atom. The Morgan fingerprint density at radius 1 is 1.53 bits per heavy atom. The van der Waals surface area contributed by atoms with Crippen LogP contribution in [0.5, 0.6) is 0 Å². The van der Waals surface area contributed by atoms with E-state index >= 15 is 0 Å². The summed E-state index contributed by atoms with van der Waals surface area (Å²) in [6.45, 7) is 4.94. The maximum Gasteiger partial charge on any atom is 0.0918 e. The van der Waals surface area contributed by atoms with Crippen LogP contribution in [0.25, 0.3) is 0 Å². The van der Waals surface area contributed by atoms with Crippen LogP contribution < -0.4 is 5.73 Å². The fourth-order valence-electron chi connectivity index (χ4n) is 1.83. The molecule has 1 rings (SSSR count). The lowest BCUT2D eigenvalue weighted by Crippen LogP contribution is -2.31. The lowest BCUT2D eigenvalue weighted by Gasteiger charge is -2.22. The minimum absolute atomic E-state index is 0.211. The second-order valence-corrected chi connectivity index (χ2v) is 5.31. The number of hydrogen-bond donors (Lipinski definition) is 2. The molecule has 1 heterocycles. The van der Waals surface area contributed by atoms with Crippen LogP contribution in [0.4, 0.5) is 0 Å². The highest BCUT2D eigenvalue weighted by atomic mass is 79.9. The van der Waals surface area contributed by atoms with Gasteiger partial charge in [-0.05, 0) is 22.9 Å². The highest BCUT2D eigenvalue weighted by Gasteiger charge is 2.14. The normalized spacial score (nSPS) is 11.2. The van der Waals surface area contributed by atoms with E-state index in [1.54, 1.807) is 7.11 Å². The van der Waals surface area contributed by atoms with Crippen LogP contribution in [0.1, 0.15) is 17.8 Å². The lowest BCUT2D eigenvalue weighted by molar-refractivity contribution is 0.144. The first kappa shape index (κ1) is 16.1. The van der Waals surface area contributed by atoms with Crippen molar-refractivity contribution in [1.82, 2.24) is 14.7 Å². The molecule has 0 bridgehead atoms. The van der Waals surface area contributed by atoms with Gasteiger partial charge in [0.15, 0.2) is 0 Å². The molecule has 1 aromatic rings. The van der Waals surface area contributed by atoms with E-state index in [0.717, 1.165) is 35.5 Å². The van der Waals surface area contributed by atoms with Crippen molar-refractivity contribution < 1.29 is 4.74 Å². The largest absolute Gasteiger partial charge is 0.388 e. The van der Waals surface area contributed by atoms with Crippen molar-refractivity contribution in [2.45, 2.75) is 19.9 Å². The molecule has 0 spiro atoms. The topological polar surface area (TPSA) is 80.2 Å². The Balaban J connectivity index is 2.72. The highest BCUT2D eigenvalue weighted by molar-refractivity contribution is 9.10. The molecule has 0 atom stereocenters. The number of nitrogens with one attached hydrogen (secondary N) is 1. The number of nitrogens with zero attached hydrogens (tertiary/aromatic N) is 3. The third-order valence-electron chi connectivity index (χ3n) is 2.94. The number of rotatable bonds is 8. The molecule has 0 radical (unpaired) electrons. The van der Waals surface area contributed by atoms with E-state index in [2.05, 4.69) is 25.9 Å². The highest BCUT2D eigenvalue weighted by Crippen LogP contribution is 2.21. The first-order valence-electron chi connectivity index (χ1n) is 6.17. The zero-order valence-electron chi connectivity index (χ0n) is 11.7. The molecular formula is C12H22BrN5O. The van der Waals surface area contributed by atoms with Gasteiger partial charge in [0.25, 0.3) is 0 Å². The van der Waals surface area contributed by atoms with E-state index in [-0.39, 0.29) is 5.84 Å². The number of nitrogens with two attached hydrogens (primary N) is 1. The number of methoxy groups -OCH3 is 1. The van der Waals surface area contributed by atoms with E-state index < -0.39 is 0 Å². The number of aromatic nitrogens is 2. The molecule has 0 fully saturated rings. The average Bonchev–Trinajstić information content (AvgIpc) is 2.58. The summed E-state index contributed by atoms with van der Waals surface area (Å²) in [5.41, 5.74) is 7.53. The van der Waals surface area contributed by atoms with Crippen molar-refractivity contribution in [2.24, 2.45) is 12.8 Å². The first-order valence-corrected chi connectivity index (χ1v) is 6.97. The Kier molecular flexibility index (Phi) is 6.47. The molecule has 7 heteroatoms. The van der Waals surface area contributed by atoms with E-state index in [1.807, 2.05) is 18.7 Å². The van der Waals surface area contributed by atoms with E-state index in [4.69, 9.17) is 15.9 Å². The van der Waals surface area contributed by atoms with E-state index in [9.17, 15) is 0 Å². The summed E-state index contributed by atoms with van der Waals surface area (Å²) in [6, 6.07) is 0. The molecule has 0 aliphatic heterocycles. The summed E-state index contributed by atoms with van der Waals surface area (Å²) in [5, 5.41) is 11.7. The zero-order valence-corrected chi connectivity index (χ0v) is 13.3. The first-order chi connectivity index (χ1) is 8.95. The van der Waals surface area contributed by atoms with Crippen molar-refractivity contribution >= 4 is 21.8 Å². The number of aryl methyl sites for hydroxylation is 2. The minimum atomic E-state index is 0.211. The van der Waals surface area contributed by atoms with Crippen LogP contribution in [-0.2, 0) is 18.3 Å². The van der Waals surface area contributed by atoms with Crippen LogP contribution in [-0.4, -0.2) is 47.3 Å². The summed E-state index contributed by atoms with van der Waals surface area (Å²) in [6.07, 6.45) is 0.568. The second-order valence-electron chi connectivity index (χ2n) is 4.51. The number of hydrogen-bond acceptors (Lipinski definition) is 4. The van der Waals surface area contributed by atoms with Gasteiger partial charge >= 0.3 is 0 Å². The second kappa shape index (κ2) is 7.62. The average molecular weight is 332 g/mol. The van der Waals surface area contributed by atoms with Crippen molar-refractivity contribution in [2.75, 3.05) is 26.8 Å². The van der Waals surface area contributed by atoms with Gasteiger partial charge in [0.05, 0.1) is 28.3 Å². The minimum Gasteiger partial charge on any atom is -0.388 e. The smallest absolute Gasteiger partial charge is 0.0918 e. The van der Waals surface area contributed by atoms with Gasteiger partial charge in [-0.2, -0.15) is 5.10 Å². The molecule has 19 heavy (non-hydrogen) atoms. The van der Waals surface area contributed by atoms with Crippen LogP contribution in [0.15, 0.2) is 4.47 Å². The van der Waals surface area contributed by atoms with Crippen LogP contribution in [0.3, 0.4) is 0 Å². The predicted molar refractivity (Wildman–Crippen MR) is 79.3 cm³/mol. The maximum atomic E-state index is 7.33. The van der Waals surface area contributed by atoms with Crippen molar-refractivity contribution in [1.29, 1.82) is 5.41 Å². The maximum absolute atomic E-state index is 7.33. The van der Waals surface area contributed by atoms with Crippen molar-refractivity contribution in [3.8, 4) is 0 Å². The van der Waals surface area contributed by atoms with Gasteiger partial charge in [-0.3, -0.25) is 15.0 Å². The monoisotopic (exact) mass is 331 g/mol. The van der Waals surface area contributed by atoms with Crippen molar-refractivity contribution in [3.63, 3.8) is 0 Å². The van der Waals surface area contributed by atoms with Gasteiger partial charge in [-0.15, -0.1) is 0 Å². The lowest BCUT2D eigenvalue weighted by atomic mass is 10.3. The Morgan fingerprint density at radius 2 is 2.21 bits per heavy atom. The third kappa shape index (κ3) is 4.93. The van der Waals surface area contributed by atoms with Gasteiger partial charge in [0.2, 0.25) is 0 Å². The molecule has 3 N–H and O–H groups in total.